The third-order valence-corrected chi connectivity index (χ3v) is 2.70. The molecule has 0 aliphatic carbocycles. The Morgan fingerprint density at radius 2 is 2.12 bits per heavy atom. The summed E-state index contributed by atoms with van der Waals surface area (Å²) in [7, 11) is 0. The maximum Gasteiger partial charge on any atom is 0.210 e. The van der Waals surface area contributed by atoms with E-state index in [-0.39, 0.29) is 5.78 Å². The van der Waals surface area contributed by atoms with Gasteiger partial charge in [0.05, 0.1) is 5.69 Å². The molecule has 0 amide bonds. The number of hydrogen-bond acceptors (Lipinski definition) is 2. The first-order valence-electron chi connectivity index (χ1n) is 4.97. The topological polar surface area (TPSA) is 65.7 Å². The number of carbonyl (C=O) groups is 2. The highest BCUT2D eigenvalue weighted by Crippen LogP contribution is 2.18. The highest BCUT2D eigenvalue weighted by Gasteiger charge is 2.18. The third-order valence-electron chi connectivity index (χ3n) is 2.70. The molecule has 0 saturated heterocycles. The second-order valence-electron chi connectivity index (χ2n) is 3.71. The fraction of sp³-hybridized carbons (Fsp3) is 0.167. The van der Waals surface area contributed by atoms with Crippen LogP contribution in [0.4, 0.5) is 0 Å². The minimum absolute atomic E-state index is 0.102. The first-order chi connectivity index (χ1) is 7.65. The molecule has 0 saturated carbocycles. The van der Waals surface area contributed by atoms with E-state index in [1.165, 1.54) is 0 Å². The Kier molecular flexibility index (Phi) is 2.48. The molecule has 16 heavy (non-hydrogen) atoms. The van der Waals surface area contributed by atoms with E-state index >= 15 is 0 Å². The zero-order chi connectivity index (χ0) is 11.7. The van der Waals surface area contributed by atoms with Crippen molar-refractivity contribution in [1.29, 1.82) is 0 Å². The average Bonchev–Trinajstić information content (AvgIpc) is 2.86. The van der Waals surface area contributed by atoms with E-state index in [2.05, 4.69) is 9.97 Å². The first kappa shape index (κ1) is 10.4. The number of aromatic amines is 2. The normalized spacial score (nSPS) is 10.4. The molecule has 0 atom stereocenters. The predicted molar refractivity (Wildman–Crippen MR) is 59.9 cm³/mol. The van der Waals surface area contributed by atoms with Gasteiger partial charge in [-0.25, -0.2) is 0 Å². The summed E-state index contributed by atoms with van der Waals surface area (Å²) in [5.41, 5.74) is 3.07. The van der Waals surface area contributed by atoms with Crippen molar-refractivity contribution < 1.29 is 9.59 Å². The Morgan fingerprint density at radius 1 is 1.38 bits per heavy atom. The van der Waals surface area contributed by atoms with Crippen molar-refractivity contribution in [2.75, 3.05) is 0 Å². The van der Waals surface area contributed by atoms with Crippen LogP contribution in [0.1, 0.15) is 37.7 Å². The molecule has 0 radical (unpaired) electrons. The number of H-pyrrole nitrogens is 2. The SMILES string of the molecule is Cc1[nH]c(C(=O)c2cc[nH]c2)c(C)c1C=O. The van der Waals surface area contributed by atoms with Crippen molar-refractivity contribution >= 4 is 12.1 Å². The fourth-order valence-electron chi connectivity index (χ4n) is 1.78. The van der Waals surface area contributed by atoms with Crippen molar-refractivity contribution in [3.63, 3.8) is 0 Å². The monoisotopic (exact) mass is 216 g/mol. The number of ketones is 1. The van der Waals surface area contributed by atoms with Crippen molar-refractivity contribution in [3.05, 3.63) is 46.5 Å². The van der Waals surface area contributed by atoms with E-state index in [0.717, 1.165) is 12.0 Å². The molecule has 0 aliphatic rings. The zero-order valence-electron chi connectivity index (χ0n) is 9.13. The predicted octanol–water partition coefficient (Wildman–Crippen LogP) is 2.00. The van der Waals surface area contributed by atoms with Gasteiger partial charge in [0, 0.05) is 29.2 Å². The van der Waals surface area contributed by atoms with E-state index in [1.807, 2.05) is 0 Å². The summed E-state index contributed by atoms with van der Waals surface area (Å²) in [5, 5.41) is 0. The number of aryl methyl sites for hydroxylation is 1. The molecule has 4 nitrogen and oxygen atoms in total. The lowest BCUT2D eigenvalue weighted by atomic mass is 10.1. The second kappa shape index (κ2) is 3.81. The third kappa shape index (κ3) is 1.48. The highest BCUT2D eigenvalue weighted by atomic mass is 16.1. The summed E-state index contributed by atoms with van der Waals surface area (Å²) in [5.74, 6) is -0.102. The zero-order valence-corrected chi connectivity index (χ0v) is 9.13. The van der Waals surface area contributed by atoms with Crippen LogP contribution in [0.3, 0.4) is 0 Å². The summed E-state index contributed by atoms with van der Waals surface area (Å²) < 4.78 is 0. The molecule has 2 rings (SSSR count). The molecular weight excluding hydrogens is 204 g/mol. The lowest BCUT2D eigenvalue weighted by molar-refractivity contribution is 0.103. The van der Waals surface area contributed by atoms with Crippen molar-refractivity contribution in [2.45, 2.75) is 13.8 Å². The van der Waals surface area contributed by atoms with Crippen molar-refractivity contribution in [1.82, 2.24) is 9.97 Å². The Morgan fingerprint density at radius 3 is 2.62 bits per heavy atom. The van der Waals surface area contributed by atoms with Crippen molar-refractivity contribution in [2.24, 2.45) is 0 Å². The number of rotatable bonds is 3. The number of nitrogens with one attached hydrogen (secondary N) is 2. The molecule has 2 aromatic rings. The van der Waals surface area contributed by atoms with Gasteiger partial charge in [-0.1, -0.05) is 0 Å². The maximum atomic E-state index is 12.0. The quantitative estimate of drug-likeness (QED) is 0.608. The summed E-state index contributed by atoms with van der Waals surface area (Å²) >= 11 is 0. The van der Waals surface area contributed by atoms with E-state index in [9.17, 15) is 9.59 Å². The van der Waals surface area contributed by atoms with E-state index < -0.39 is 0 Å². The minimum Gasteiger partial charge on any atom is -0.367 e. The fourth-order valence-corrected chi connectivity index (χ4v) is 1.78. The average molecular weight is 216 g/mol. The second-order valence-corrected chi connectivity index (χ2v) is 3.71. The number of hydrogen-bond donors (Lipinski definition) is 2. The lowest BCUT2D eigenvalue weighted by Crippen LogP contribution is -2.02. The smallest absolute Gasteiger partial charge is 0.210 e. The van der Waals surface area contributed by atoms with Gasteiger partial charge >= 0.3 is 0 Å². The van der Waals surface area contributed by atoms with Crippen LogP contribution in [0, 0.1) is 13.8 Å². The van der Waals surface area contributed by atoms with Gasteiger partial charge in [-0.05, 0) is 25.5 Å². The molecule has 82 valence electrons. The Bertz CT molecular complexity index is 536. The van der Waals surface area contributed by atoms with E-state index in [0.29, 0.717) is 22.4 Å². The standard InChI is InChI=1S/C12H12N2O2/c1-7-10(6-15)8(2)14-11(7)12(16)9-3-4-13-5-9/h3-6,13-14H,1-2H3. The number of aromatic nitrogens is 2. The van der Waals surface area contributed by atoms with Gasteiger partial charge < -0.3 is 9.97 Å². The highest BCUT2D eigenvalue weighted by molar-refractivity contribution is 6.09. The van der Waals surface area contributed by atoms with Crippen LogP contribution in [-0.2, 0) is 0 Å². The van der Waals surface area contributed by atoms with Gasteiger partial charge in [0.15, 0.2) is 6.29 Å². The van der Waals surface area contributed by atoms with Crippen LogP contribution >= 0.6 is 0 Å². The molecule has 2 N–H and O–H groups in total. The van der Waals surface area contributed by atoms with E-state index in [4.69, 9.17) is 0 Å². The summed E-state index contributed by atoms with van der Waals surface area (Å²) in [6.45, 7) is 3.55. The molecule has 0 aromatic carbocycles. The van der Waals surface area contributed by atoms with Gasteiger partial charge in [0.1, 0.15) is 0 Å². The van der Waals surface area contributed by atoms with Gasteiger partial charge in [-0.2, -0.15) is 0 Å². The van der Waals surface area contributed by atoms with Crippen LogP contribution in [-0.4, -0.2) is 22.0 Å². The van der Waals surface area contributed by atoms with Crippen LogP contribution in [0.5, 0.6) is 0 Å². The number of aldehydes is 1. The molecule has 2 heterocycles. The number of carbonyl (C=O) groups excluding carboxylic acids is 2. The Hall–Kier alpha value is -2.10. The molecule has 0 unspecified atom stereocenters. The Labute approximate surface area is 92.7 Å². The first-order valence-corrected chi connectivity index (χ1v) is 4.97. The summed E-state index contributed by atoms with van der Waals surface area (Å²) in [4.78, 5) is 28.7. The molecule has 0 bridgehead atoms. The van der Waals surface area contributed by atoms with Crippen LogP contribution in [0.25, 0.3) is 0 Å². The lowest BCUT2D eigenvalue weighted by Gasteiger charge is -1.96. The summed E-state index contributed by atoms with van der Waals surface area (Å²) in [6, 6.07) is 1.71. The summed E-state index contributed by atoms with van der Waals surface area (Å²) in [6.07, 6.45) is 4.10. The van der Waals surface area contributed by atoms with E-state index in [1.54, 1.807) is 32.3 Å². The molecule has 0 aliphatic heterocycles. The van der Waals surface area contributed by atoms with Crippen molar-refractivity contribution in [3.8, 4) is 0 Å². The van der Waals surface area contributed by atoms with Gasteiger partial charge in [0.2, 0.25) is 5.78 Å². The van der Waals surface area contributed by atoms with Crippen LogP contribution in [0.2, 0.25) is 0 Å². The largest absolute Gasteiger partial charge is 0.367 e. The van der Waals surface area contributed by atoms with Gasteiger partial charge in [0.25, 0.3) is 0 Å². The van der Waals surface area contributed by atoms with Gasteiger partial charge in [-0.15, -0.1) is 0 Å². The Balaban J connectivity index is 2.50. The van der Waals surface area contributed by atoms with Crippen LogP contribution < -0.4 is 0 Å². The molecule has 0 spiro atoms. The van der Waals surface area contributed by atoms with Crippen LogP contribution in [0.15, 0.2) is 18.5 Å². The maximum absolute atomic E-state index is 12.0. The minimum atomic E-state index is -0.102. The molecular formula is C12H12N2O2. The molecule has 2 aromatic heterocycles. The molecule has 4 heteroatoms. The molecule has 0 fully saturated rings. The van der Waals surface area contributed by atoms with Gasteiger partial charge in [-0.3, -0.25) is 9.59 Å².